The zero-order valence-corrected chi connectivity index (χ0v) is 17.3. The summed E-state index contributed by atoms with van der Waals surface area (Å²) < 4.78 is 5.96. The van der Waals surface area contributed by atoms with Crippen LogP contribution in [0, 0.1) is 6.92 Å². The number of nitrogens with zero attached hydrogens (tertiary/aromatic N) is 1. The van der Waals surface area contributed by atoms with Crippen molar-refractivity contribution in [3.8, 4) is 11.5 Å². The summed E-state index contributed by atoms with van der Waals surface area (Å²) in [7, 11) is 3.31. The minimum atomic E-state index is -0.259. The quantitative estimate of drug-likeness (QED) is 0.620. The number of hydrogen-bond acceptors (Lipinski definition) is 3. The van der Waals surface area contributed by atoms with Gasteiger partial charge in [-0.25, -0.2) is 4.79 Å². The molecule has 0 spiro atoms. The predicted octanol–water partition coefficient (Wildman–Crippen LogP) is 4.81. The van der Waals surface area contributed by atoms with Crippen LogP contribution in [0.2, 0.25) is 0 Å². The maximum atomic E-state index is 12.7. The average molecular weight is 403 g/mol. The highest BCUT2D eigenvalue weighted by molar-refractivity contribution is 5.94. The maximum absolute atomic E-state index is 12.7. The Kier molecular flexibility index (Phi) is 6.70. The highest BCUT2D eigenvalue weighted by Crippen LogP contribution is 2.29. The normalized spacial score (nSPS) is 10.2. The molecule has 0 unspecified atom stereocenters. The van der Waals surface area contributed by atoms with Crippen LogP contribution in [0.25, 0.3) is 0 Å². The molecule has 0 heterocycles. The molecule has 6 nitrogen and oxygen atoms in total. The number of nitrogens with one attached hydrogen (secondary N) is 2. The van der Waals surface area contributed by atoms with E-state index >= 15 is 0 Å². The molecule has 0 aliphatic rings. The second-order valence-corrected chi connectivity index (χ2v) is 6.98. The van der Waals surface area contributed by atoms with Gasteiger partial charge in [-0.15, -0.1) is 0 Å². The van der Waals surface area contributed by atoms with Crippen molar-refractivity contribution in [1.82, 2.24) is 10.2 Å². The van der Waals surface area contributed by atoms with Crippen molar-refractivity contribution in [1.29, 1.82) is 0 Å². The third-order valence-corrected chi connectivity index (χ3v) is 4.56. The summed E-state index contributed by atoms with van der Waals surface area (Å²) in [5.41, 5.74) is 3.18. The maximum Gasteiger partial charge on any atom is 0.321 e. The monoisotopic (exact) mass is 403 g/mol. The molecule has 0 fully saturated rings. The van der Waals surface area contributed by atoms with E-state index in [1.54, 1.807) is 37.2 Å². The number of urea groups is 1. The molecule has 6 heteroatoms. The van der Waals surface area contributed by atoms with Crippen molar-refractivity contribution < 1.29 is 14.3 Å². The molecule has 3 aromatic rings. The number of amides is 3. The molecule has 3 rings (SSSR count). The zero-order chi connectivity index (χ0) is 21.5. The van der Waals surface area contributed by atoms with E-state index in [1.807, 2.05) is 61.5 Å². The van der Waals surface area contributed by atoms with Gasteiger partial charge in [-0.3, -0.25) is 4.79 Å². The third kappa shape index (κ3) is 5.38. The summed E-state index contributed by atoms with van der Waals surface area (Å²) in [5.74, 6) is 1.14. The van der Waals surface area contributed by atoms with Crippen molar-refractivity contribution in [3.05, 3.63) is 89.5 Å². The molecule has 2 N–H and O–H groups in total. The predicted molar refractivity (Wildman–Crippen MR) is 118 cm³/mol. The topological polar surface area (TPSA) is 70.7 Å². The minimum Gasteiger partial charge on any atom is -0.455 e. The van der Waals surface area contributed by atoms with Gasteiger partial charge < -0.3 is 20.3 Å². The Bertz CT molecular complexity index is 1030. The van der Waals surface area contributed by atoms with Crippen molar-refractivity contribution in [2.75, 3.05) is 19.4 Å². The van der Waals surface area contributed by atoms with Crippen LogP contribution in [-0.2, 0) is 6.54 Å². The van der Waals surface area contributed by atoms with E-state index in [0.29, 0.717) is 29.3 Å². The SMILES string of the molecule is CNC(=O)c1ccc(CN(C)C(=O)Nc2ccccc2Oc2cccc(C)c2)cc1. The molecule has 0 saturated heterocycles. The van der Waals surface area contributed by atoms with E-state index in [2.05, 4.69) is 10.6 Å². The standard InChI is InChI=1S/C24H25N3O3/c1-17-7-6-8-20(15-17)30-22-10-5-4-9-21(22)26-24(29)27(3)16-18-11-13-19(14-12-18)23(28)25-2/h4-15H,16H2,1-3H3,(H,25,28)(H,26,29). The van der Waals surface area contributed by atoms with Gasteiger partial charge in [0.25, 0.3) is 5.91 Å². The summed E-state index contributed by atoms with van der Waals surface area (Å²) in [6.07, 6.45) is 0. The smallest absolute Gasteiger partial charge is 0.321 e. The Hall–Kier alpha value is -3.80. The first-order valence-electron chi connectivity index (χ1n) is 9.63. The number of para-hydroxylation sites is 2. The first kappa shape index (κ1) is 20.9. The van der Waals surface area contributed by atoms with Crippen molar-refractivity contribution >= 4 is 17.6 Å². The van der Waals surface area contributed by atoms with E-state index in [4.69, 9.17) is 4.74 Å². The number of anilines is 1. The number of carbonyl (C=O) groups excluding carboxylic acids is 2. The Morgan fingerprint density at radius 1 is 0.967 bits per heavy atom. The molecule has 0 radical (unpaired) electrons. The second kappa shape index (κ2) is 9.60. The molecule has 30 heavy (non-hydrogen) atoms. The van der Waals surface area contributed by atoms with Crippen molar-refractivity contribution in [2.24, 2.45) is 0 Å². The van der Waals surface area contributed by atoms with E-state index in [0.717, 1.165) is 11.1 Å². The molecule has 154 valence electrons. The Morgan fingerprint density at radius 2 is 1.70 bits per heavy atom. The fourth-order valence-corrected chi connectivity index (χ4v) is 2.93. The van der Waals surface area contributed by atoms with E-state index in [9.17, 15) is 9.59 Å². The van der Waals surface area contributed by atoms with Crippen LogP contribution in [0.15, 0.2) is 72.8 Å². The minimum absolute atomic E-state index is 0.141. The summed E-state index contributed by atoms with van der Waals surface area (Å²) >= 11 is 0. The molecule has 0 bridgehead atoms. The van der Waals surface area contributed by atoms with E-state index in [1.165, 1.54) is 0 Å². The van der Waals surface area contributed by atoms with Crippen LogP contribution in [0.3, 0.4) is 0 Å². The lowest BCUT2D eigenvalue weighted by Crippen LogP contribution is -2.31. The van der Waals surface area contributed by atoms with Crippen molar-refractivity contribution in [2.45, 2.75) is 13.5 Å². The largest absolute Gasteiger partial charge is 0.455 e. The Balaban J connectivity index is 1.66. The number of rotatable bonds is 6. The van der Waals surface area contributed by atoms with Crippen LogP contribution in [-0.4, -0.2) is 30.9 Å². The van der Waals surface area contributed by atoms with Crippen molar-refractivity contribution in [3.63, 3.8) is 0 Å². The molecule has 0 aliphatic heterocycles. The second-order valence-electron chi connectivity index (χ2n) is 6.98. The summed E-state index contributed by atoms with van der Waals surface area (Å²) in [6, 6.07) is 22.0. The van der Waals surface area contributed by atoms with Crippen LogP contribution >= 0.6 is 0 Å². The molecule has 3 amide bonds. The molecule has 0 saturated carbocycles. The Labute approximate surface area is 176 Å². The van der Waals surface area contributed by atoms with Gasteiger partial charge in [0.2, 0.25) is 0 Å². The Morgan fingerprint density at radius 3 is 2.40 bits per heavy atom. The van der Waals surface area contributed by atoms with Gasteiger partial charge in [-0.1, -0.05) is 36.4 Å². The molecular weight excluding hydrogens is 378 g/mol. The molecular formula is C24H25N3O3. The van der Waals surface area contributed by atoms with Gasteiger partial charge in [0.15, 0.2) is 5.75 Å². The molecule has 3 aromatic carbocycles. The van der Waals surface area contributed by atoms with E-state index in [-0.39, 0.29) is 11.9 Å². The van der Waals surface area contributed by atoms with Gasteiger partial charge in [-0.05, 0) is 54.4 Å². The molecule has 0 atom stereocenters. The summed E-state index contributed by atoms with van der Waals surface area (Å²) in [4.78, 5) is 25.9. The zero-order valence-electron chi connectivity index (χ0n) is 17.3. The van der Waals surface area contributed by atoms with Gasteiger partial charge in [0.1, 0.15) is 5.75 Å². The molecule has 0 aromatic heterocycles. The number of aryl methyl sites for hydroxylation is 1. The third-order valence-electron chi connectivity index (χ3n) is 4.56. The van der Waals surface area contributed by atoms with Gasteiger partial charge in [0.05, 0.1) is 5.69 Å². The summed E-state index contributed by atoms with van der Waals surface area (Å²) in [6.45, 7) is 2.40. The first-order valence-corrected chi connectivity index (χ1v) is 9.63. The van der Waals surface area contributed by atoms with Gasteiger partial charge in [-0.2, -0.15) is 0 Å². The lowest BCUT2D eigenvalue weighted by Gasteiger charge is -2.19. The number of carbonyl (C=O) groups is 2. The summed E-state index contributed by atoms with van der Waals surface area (Å²) in [5, 5.41) is 5.49. The highest BCUT2D eigenvalue weighted by Gasteiger charge is 2.13. The highest BCUT2D eigenvalue weighted by atomic mass is 16.5. The average Bonchev–Trinajstić information content (AvgIpc) is 2.75. The van der Waals surface area contributed by atoms with Gasteiger partial charge >= 0.3 is 6.03 Å². The fraction of sp³-hybridized carbons (Fsp3) is 0.167. The first-order chi connectivity index (χ1) is 14.5. The van der Waals surface area contributed by atoms with Gasteiger partial charge in [0, 0.05) is 26.2 Å². The van der Waals surface area contributed by atoms with Crippen LogP contribution < -0.4 is 15.4 Å². The molecule has 0 aliphatic carbocycles. The lowest BCUT2D eigenvalue weighted by molar-refractivity contribution is 0.0963. The van der Waals surface area contributed by atoms with Crippen LogP contribution in [0.5, 0.6) is 11.5 Å². The number of hydrogen-bond donors (Lipinski definition) is 2. The van der Waals surface area contributed by atoms with E-state index < -0.39 is 0 Å². The van der Waals surface area contributed by atoms with Crippen LogP contribution in [0.1, 0.15) is 21.5 Å². The lowest BCUT2D eigenvalue weighted by atomic mass is 10.1. The fourth-order valence-electron chi connectivity index (χ4n) is 2.93. The van der Waals surface area contributed by atoms with Crippen LogP contribution in [0.4, 0.5) is 10.5 Å². The number of benzene rings is 3. The number of ether oxygens (including phenoxy) is 1.